The molecule has 2 N–H and O–H groups in total. The molecule has 0 aliphatic carbocycles. The van der Waals surface area contributed by atoms with Crippen LogP contribution in [0.15, 0.2) is 18.5 Å². The molecule has 1 aliphatic rings. The lowest BCUT2D eigenvalue weighted by molar-refractivity contribution is 0.0939. The Morgan fingerprint density at radius 1 is 1.47 bits per heavy atom. The minimum Gasteiger partial charge on any atom is -0.386 e. The van der Waals surface area contributed by atoms with Crippen LogP contribution < -0.4 is 10.6 Å². The molecule has 0 bridgehead atoms. The van der Waals surface area contributed by atoms with Gasteiger partial charge in [0, 0.05) is 19.8 Å². The third kappa shape index (κ3) is 3.67. The summed E-state index contributed by atoms with van der Waals surface area (Å²) in [6, 6.07) is 1.75. The van der Waals surface area contributed by atoms with Crippen molar-refractivity contribution >= 4 is 11.6 Å². The molecule has 2 rings (SSSR count). The second-order valence-electron chi connectivity index (χ2n) is 5.13. The Bertz CT molecular complexity index is 427. The van der Waals surface area contributed by atoms with Gasteiger partial charge in [0.1, 0.15) is 0 Å². The number of pyridine rings is 1. The lowest BCUT2D eigenvalue weighted by atomic mass is 9.97. The number of carbonyl (C=O) groups excluding carboxylic acids is 1. The van der Waals surface area contributed by atoms with Gasteiger partial charge in [-0.3, -0.25) is 9.78 Å². The molecule has 0 spiro atoms. The Kier molecular flexibility index (Phi) is 4.74. The molecule has 1 aliphatic heterocycles. The van der Waals surface area contributed by atoms with Crippen LogP contribution in [0.4, 0.5) is 5.69 Å². The minimum atomic E-state index is -0.0225. The highest BCUT2D eigenvalue weighted by Gasteiger charge is 2.18. The summed E-state index contributed by atoms with van der Waals surface area (Å²) in [5, 5.41) is 6.02. The molecule has 1 saturated heterocycles. The van der Waals surface area contributed by atoms with Gasteiger partial charge in [0.2, 0.25) is 0 Å². The molecule has 5 nitrogen and oxygen atoms in total. The van der Waals surface area contributed by atoms with Crippen molar-refractivity contribution in [1.82, 2.24) is 15.2 Å². The van der Waals surface area contributed by atoms with E-state index in [1.165, 1.54) is 0 Å². The standard InChI is InChI=1S/C14H22N4O/c1-15-13-10-16-6-3-12(13)14(19)17-9-11-4-7-18(2)8-5-11/h3,6,10-11,15H,4-5,7-9H2,1-2H3,(H,17,19). The van der Waals surface area contributed by atoms with Gasteiger partial charge in [0.25, 0.3) is 5.91 Å². The van der Waals surface area contributed by atoms with E-state index < -0.39 is 0 Å². The van der Waals surface area contributed by atoms with Gasteiger partial charge in [-0.15, -0.1) is 0 Å². The normalized spacial score (nSPS) is 17.2. The van der Waals surface area contributed by atoms with Gasteiger partial charge >= 0.3 is 0 Å². The predicted octanol–water partition coefficient (Wildman–Crippen LogP) is 1.19. The fraction of sp³-hybridized carbons (Fsp3) is 0.571. The molecule has 1 amide bonds. The Labute approximate surface area is 114 Å². The maximum atomic E-state index is 12.1. The third-order valence-electron chi connectivity index (χ3n) is 3.72. The molecular weight excluding hydrogens is 240 g/mol. The van der Waals surface area contributed by atoms with Crippen LogP contribution in [-0.4, -0.2) is 49.5 Å². The summed E-state index contributed by atoms with van der Waals surface area (Å²) in [5.74, 6) is 0.575. The molecule has 0 saturated carbocycles. The first-order valence-electron chi connectivity index (χ1n) is 6.79. The number of carbonyl (C=O) groups is 1. The van der Waals surface area contributed by atoms with Gasteiger partial charge in [-0.05, 0) is 45.0 Å². The third-order valence-corrected chi connectivity index (χ3v) is 3.72. The highest BCUT2D eigenvalue weighted by Crippen LogP contribution is 2.16. The second kappa shape index (κ2) is 6.52. The van der Waals surface area contributed by atoms with Crippen LogP contribution in [-0.2, 0) is 0 Å². The molecule has 0 atom stereocenters. The van der Waals surface area contributed by atoms with E-state index in [9.17, 15) is 4.79 Å². The maximum Gasteiger partial charge on any atom is 0.253 e. The zero-order chi connectivity index (χ0) is 13.7. The van der Waals surface area contributed by atoms with E-state index in [-0.39, 0.29) is 5.91 Å². The fourth-order valence-electron chi connectivity index (χ4n) is 2.39. The fourth-order valence-corrected chi connectivity index (χ4v) is 2.39. The first-order valence-corrected chi connectivity index (χ1v) is 6.79. The van der Waals surface area contributed by atoms with Gasteiger partial charge < -0.3 is 15.5 Å². The van der Waals surface area contributed by atoms with Crippen LogP contribution in [0.25, 0.3) is 0 Å². The quantitative estimate of drug-likeness (QED) is 0.856. The first-order chi connectivity index (χ1) is 9.20. The summed E-state index contributed by atoms with van der Waals surface area (Å²) < 4.78 is 0. The topological polar surface area (TPSA) is 57.3 Å². The molecule has 1 aromatic heterocycles. The van der Waals surface area contributed by atoms with Gasteiger partial charge in [-0.2, -0.15) is 0 Å². The zero-order valence-electron chi connectivity index (χ0n) is 11.6. The van der Waals surface area contributed by atoms with Crippen molar-refractivity contribution in [2.24, 2.45) is 5.92 Å². The van der Waals surface area contributed by atoms with E-state index in [2.05, 4.69) is 27.6 Å². The molecule has 0 unspecified atom stereocenters. The minimum absolute atomic E-state index is 0.0225. The zero-order valence-corrected chi connectivity index (χ0v) is 11.6. The second-order valence-corrected chi connectivity index (χ2v) is 5.13. The van der Waals surface area contributed by atoms with Gasteiger partial charge in [0.15, 0.2) is 0 Å². The smallest absolute Gasteiger partial charge is 0.253 e. The summed E-state index contributed by atoms with van der Waals surface area (Å²) in [4.78, 5) is 18.5. The van der Waals surface area contributed by atoms with E-state index in [0.717, 1.165) is 38.2 Å². The molecule has 1 aromatic rings. The van der Waals surface area contributed by atoms with Crippen molar-refractivity contribution in [3.05, 3.63) is 24.0 Å². The highest BCUT2D eigenvalue weighted by atomic mass is 16.1. The van der Waals surface area contributed by atoms with Crippen molar-refractivity contribution in [3.63, 3.8) is 0 Å². The summed E-state index contributed by atoms with van der Waals surface area (Å²) in [6.07, 6.45) is 5.63. The van der Waals surface area contributed by atoms with Crippen LogP contribution >= 0.6 is 0 Å². The van der Waals surface area contributed by atoms with E-state index in [0.29, 0.717) is 11.5 Å². The van der Waals surface area contributed by atoms with Gasteiger partial charge in [-0.1, -0.05) is 0 Å². The van der Waals surface area contributed by atoms with Crippen LogP contribution in [0.1, 0.15) is 23.2 Å². The number of hydrogen-bond acceptors (Lipinski definition) is 4. The van der Waals surface area contributed by atoms with Crippen molar-refractivity contribution in [1.29, 1.82) is 0 Å². The Morgan fingerprint density at radius 2 is 2.21 bits per heavy atom. The molecule has 0 aromatic carbocycles. The number of rotatable bonds is 4. The Hall–Kier alpha value is -1.62. The molecular formula is C14H22N4O. The summed E-state index contributed by atoms with van der Waals surface area (Å²) in [5.41, 5.74) is 1.42. The van der Waals surface area contributed by atoms with Crippen molar-refractivity contribution in [2.75, 3.05) is 39.0 Å². The predicted molar refractivity (Wildman–Crippen MR) is 76.3 cm³/mol. The highest BCUT2D eigenvalue weighted by molar-refractivity contribution is 5.99. The van der Waals surface area contributed by atoms with E-state index in [1.54, 1.807) is 25.5 Å². The van der Waals surface area contributed by atoms with Crippen molar-refractivity contribution in [3.8, 4) is 0 Å². The first kappa shape index (κ1) is 13.8. The number of nitrogens with one attached hydrogen (secondary N) is 2. The largest absolute Gasteiger partial charge is 0.386 e. The Balaban J connectivity index is 1.87. The number of nitrogens with zero attached hydrogens (tertiary/aromatic N) is 2. The summed E-state index contributed by atoms with van der Waals surface area (Å²) in [6.45, 7) is 3.01. The average molecular weight is 262 g/mol. The van der Waals surface area contributed by atoms with E-state index >= 15 is 0 Å². The van der Waals surface area contributed by atoms with Crippen molar-refractivity contribution in [2.45, 2.75) is 12.8 Å². The average Bonchev–Trinajstić information content (AvgIpc) is 2.46. The molecule has 19 heavy (non-hydrogen) atoms. The molecule has 1 fully saturated rings. The number of likely N-dealkylation sites (tertiary alicyclic amines) is 1. The monoisotopic (exact) mass is 262 g/mol. The SMILES string of the molecule is CNc1cnccc1C(=O)NCC1CCN(C)CC1. The van der Waals surface area contributed by atoms with Crippen molar-refractivity contribution < 1.29 is 4.79 Å². The van der Waals surface area contributed by atoms with Crippen LogP contribution in [0, 0.1) is 5.92 Å². The lowest BCUT2D eigenvalue weighted by Crippen LogP contribution is -2.37. The summed E-state index contributed by atoms with van der Waals surface area (Å²) >= 11 is 0. The molecule has 2 heterocycles. The number of aromatic nitrogens is 1. The van der Waals surface area contributed by atoms with Crippen LogP contribution in [0.5, 0.6) is 0 Å². The summed E-state index contributed by atoms with van der Waals surface area (Å²) in [7, 11) is 3.94. The molecule has 104 valence electrons. The van der Waals surface area contributed by atoms with E-state index in [4.69, 9.17) is 0 Å². The van der Waals surface area contributed by atoms with Gasteiger partial charge in [-0.25, -0.2) is 0 Å². The number of amides is 1. The van der Waals surface area contributed by atoms with Crippen LogP contribution in [0.2, 0.25) is 0 Å². The Morgan fingerprint density at radius 3 is 2.89 bits per heavy atom. The molecule has 5 heteroatoms. The number of piperidine rings is 1. The molecule has 0 radical (unpaired) electrons. The van der Waals surface area contributed by atoms with Gasteiger partial charge in [0.05, 0.1) is 17.4 Å². The number of anilines is 1. The number of hydrogen-bond donors (Lipinski definition) is 2. The lowest BCUT2D eigenvalue weighted by Gasteiger charge is -2.29. The maximum absolute atomic E-state index is 12.1. The van der Waals surface area contributed by atoms with Crippen LogP contribution in [0.3, 0.4) is 0 Å². The van der Waals surface area contributed by atoms with E-state index in [1.807, 2.05) is 0 Å².